The number of benzene rings is 1. The largest absolute Gasteiger partial charge is 0.372 e. The van der Waals surface area contributed by atoms with Gasteiger partial charge >= 0.3 is 0 Å². The zero-order chi connectivity index (χ0) is 10.8. The number of aryl methyl sites for hydroxylation is 1. The smallest absolute Gasteiger partial charge is 0.242 e. The molecule has 1 aromatic rings. The van der Waals surface area contributed by atoms with E-state index in [1.165, 1.54) is 0 Å². The Bertz CT molecular complexity index is 345. The first-order valence-corrected chi connectivity index (χ1v) is 4.56. The van der Waals surface area contributed by atoms with E-state index in [-0.39, 0.29) is 5.91 Å². The van der Waals surface area contributed by atoms with E-state index in [0.717, 1.165) is 11.3 Å². The third-order valence-electron chi connectivity index (χ3n) is 2.09. The molecule has 1 rings (SSSR count). The quantitative estimate of drug-likeness (QED) is 0.765. The van der Waals surface area contributed by atoms with Gasteiger partial charge in [0.1, 0.15) is 5.54 Å². The lowest BCUT2D eigenvalue weighted by atomic mass is 10.0. The number of nitrogens with one attached hydrogen (secondary N) is 1. The summed E-state index contributed by atoms with van der Waals surface area (Å²) in [6, 6.07) is 7.83. The molecule has 1 amide bonds. The van der Waals surface area contributed by atoms with Gasteiger partial charge < -0.3 is 11.1 Å². The summed E-state index contributed by atoms with van der Waals surface area (Å²) in [5.41, 5.74) is 6.60. The Labute approximate surface area is 84.3 Å². The first-order chi connectivity index (χ1) is 6.42. The average Bonchev–Trinajstić information content (AvgIpc) is 2.02. The Hall–Kier alpha value is -1.51. The third-order valence-corrected chi connectivity index (χ3v) is 2.09. The first kappa shape index (κ1) is 10.6. The summed E-state index contributed by atoms with van der Waals surface area (Å²) < 4.78 is 0. The number of rotatable bonds is 3. The van der Waals surface area contributed by atoms with Gasteiger partial charge in [0, 0.05) is 5.69 Å². The molecule has 3 N–H and O–H groups in total. The van der Waals surface area contributed by atoms with Gasteiger partial charge in [0.05, 0.1) is 0 Å². The number of amides is 1. The highest BCUT2D eigenvalue weighted by molar-refractivity contribution is 5.86. The molecule has 0 bridgehead atoms. The second-order valence-corrected chi connectivity index (χ2v) is 3.98. The van der Waals surface area contributed by atoms with Gasteiger partial charge in [-0.3, -0.25) is 4.79 Å². The van der Waals surface area contributed by atoms with Crippen LogP contribution in [0.4, 0.5) is 5.69 Å². The standard InChI is InChI=1S/C11H16N2O/c1-8-5-4-6-9(7-8)13-11(2,3)10(12)14/h4-7,13H,1-3H3,(H2,12,14). The normalized spacial score (nSPS) is 11.1. The SMILES string of the molecule is Cc1cccc(NC(C)(C)C(N)=O)c1. The predicted molar refractivity (Wildman–Crippen MR) is 58.1 cm³/mol. The van der Waals surface area contributed by atoms with Crippen molar-refractivity contribution in [3.8, 4) is 0 Å². The van der Waals surface area contributed by atoms with Gasteiger partial charge in [0.2, 0.25) is 5.91 Å². The van der Waals surface area contributed by atoms with Gasteiger partial charge in [-0.1, -0.05) is 12.1 Å². The second-order valence-electron chi connectivity index (χ2n) is 3.98. The van der Waals surface area contributed by atoms with Crippen LogP contribution in [0.15, 0.2) is 24.3 Å². The third kappa shape index (κ3) is 2.49. The van der Waals surface area contributed by atoms with Crippen LogP contribution in [0.5, 0.6) is 0 Å². The van der Waals surface area contributed by atoms with E-state index in [9.17, 15) is 4.79 Å². The molecule has 0 heterocycles. The van der Waals surface area contributed by atoms with Crippen LogP contribution in [-0.2, 0) is 4.79 Å². The summed E-state index contributed by atoms with van der Waals surface area (Å²) in [5.74, 6) is -0.362. The topological polar surface area (TPSA) is 55.1 Å². The Balaban J connectivity index is 2.83. The van der Waals surface area contributed by atoms with Gasteiger partial charge in [-0.05, 0) is 38.5 Å². The van der Waals surface area contributed by atoms with E-state index < -0.39 is 5.54 Å². The van der Waals surface area contributed by atoms with E-state index in [2.05, 4.69) is 5.32 Å². The molecule has 0 unspecified atom stereocenters. The van der Waals surface area contributed by atoms with Crippen LogP contribution in [0.2, 0.25) is 0 Å². The molecular weight excluding hydrogens is 176 g/mol. The number of primary amides is 1. The van der Waals surface area contributed by atoms with Crippen molar-refractivity contribution in [3.05, 3.63) is 29.8 Å². The molecule has 76 valence electrons. The highest BCUT2D eigenvalue weighted by Crippen LogP contribution is 2.15. The number of hydrogen-bond donors (Lipinski definition) is 2. The van der Waals surface area contributed by atoms with E-state index in [0.29, 0.717) is 0 Å². The second kappa shape index (κ2) is 3.70. The minimum Gasteiger partial charge on any atom is -0.372 e. The van der Waals surface area contributed by atoms with Gasteiger partial charge in [-0.2, -0.15) is 0 Å². The van der Waals surface area contributed by atoms with E-state index in [1.54, 1.807) is 13.8 Å². The summed E-state index contributed by atoms with van der Waals surface area (Å²) in [6.07, 6.45) is 0. The summed E-state index contributed by atoms with van der Waals surface area (Å²) in [6.45, 7) is 5.53. The maximum atomic E-state index is 11.1. The van der Waals surface area contributed by atoms with Crippen LogP contribution in [-0.4, -0.2) is 11.4 Å². The van der Waals surface area contributed by atoms with Gasteiger partial charge in [0.25, 0.3) is 0 Å². The summed E-state index contributed by atoms with van der Waals surface area (Å²) in [4.78, 5) is 11.1. The molecule has 3 heteroatoms. The molecule has 0 aliphatic carbocycles. The molecule has 0 fully saturated rings. The van der Waals surface area contributed by atoms with Crippen molar-refractivity contribution in [2.45, 2.75) is 26.3 Å². The first-order valence-electron chi connectivity index (χ1n) is 4.56. The Morgan fingerprint density at radius 3 is 2.57 bits per heavy atom. The number of carbonyl (C=O) groups excluding carboxylic acids is 1. The fourth-order valence-electron chi connectivity index (χ4n) is 1.15. The lowest BCUT2D eigenvalue weighted by Gasteiger charge is -2.23. The van der Waals surface area contributed by atoms with Crippen molar-refractivity contribution < 1.29 is 4.79 Å². The number of carbonyl (C=O) groups is 1. The molecule has 1 aromatic carbocycles. The van der Waals surface area contributed by atoms with Crippen LogP contribution >= 0.6 is 0 Å². The monoisotopic (exact) mass is 192 g/mol. The molecule has 0 aliphatic rings. The van der Waals surface area contributed by atoms with Crippen molar-refractivity contribution in [1.82, 2.24) is 0 Å². The molecule has 0 aliphatic heterocycles. The molecule has 0 saturated carbocycles. The highest BCUT2D eigenvalue weighted by atomic mass is 16.1. The van der Waals surface area contributed by atoms with Crippen molar-refractivity contribution >= 4 is 11.6 Å². The number of anilines is 1. The minimum atomic E-state index is -0.714. The van der Waals surface area contributed by atoms with Crippen LogP contribution in [0.25, 0.3) is 0 Å². The molecule has 0 spiro atoms. The molecule has 0 saturated heterocycles. The highest BCUT2D eigenvalue weighted by Gasteiger charge is 2.23. The van der Waals surface area contributed by atoms with Crippen LogP contribution in [0.1, 0.15) is 19.4 Å². The average molecular weight is 192 g/mol. The van der Waals surface area contributed by atoms with E-state index in [1.807, 2.05) is 31.2 Å². The van der Waals surface area contributed by atoms with Gasteiger partial charge in [0.15, 0.2) is 0 Å². The van der Waals surface area contributed by atoms with Crippen molar-refractivity contribution in [1.29, 1.82) is 0 Å². The Morgan fingerprint density at radius 1 is 1.43 bits per heavy atom. The number of nitrogens with two attached hydrogens (primary N) is 1. The Kier molecular flexibility index (Phi) is 2.79. The zero-order valence-electron chi connectivity index (χ0n) is 8.79. The maximum absolute atomic E-state index is 11.1. The van der Waals surface area contributed by atoms with E-state index >= 15 is 0 Å². The zero-order valence-corrected chi connectivity index (χ0v) is 8.79. The van der Waals surface area contributed by atoms with Crippen molar-refractivity contribution in [3.63, 3.8) is 0 Å². The lowest BCUT2D eigenvalue weighted by Crippen LogP contribution is -2.45. The summed E-state index contributed by atoms with van der Waals surface area (Å²) in [5, 5.41) is 3.08. The van der Waals surface area contributed by atoms with E-state index in [4.69, 9.17) is 5.73 Å². The molecular formula is C11H16N2O. The number of hydrogen-bond acceptors (Lipinski definition) is 2. The Morgan fingerprint density at radius 2 is 2.07 bits per heavy atom. The fraction of sp³-hybridized carbons (Fsp3) is 0.364. The molecule has 0 radical (unpaired) electrons. The van der Waals surface area contributed by atoms with Gasteiger partial charge in [-0.15, -0.1) is 0 Å². The molecule has 14 heavy (non-hydrogen) atoms. The van der Waals surface area contributed by atoms with Crippen LogP contribution in [0, 0.1) is 6.92 Å². The van der Waals surface area contributed by atoms with Crippen molar-refractivity contribution in [2.75, 3.05) is 5.32 Å². The summed E-state index contributed by atoms with van der Waals surface area (Å²) >= 11 is 0. The fourth-order valence-corrected chi connectivity index (χ4v) is 1.15. The molecule has 0 atom stereocenters. The van der Waals surface area contributed by atoms with Crippen molar-refractivity contribution in [2.24, 2.45) is 5.73 Å². The predicted octanol–water partition coefficient (Wildman–Crippen LogP) is 1.67. The van der Waals surface area contributed by atoms with Crippen LogP contribution < -0.4 is 11.1 Å². The molecule has 0 aromatic heterocycles. The van der Waals surface area contributed by atoms with Gasteiger partial charge in [-0.25, -0.2) is 0 Å². The lowest BCUT2D eigenvalue weighted by molar-refractivity contribution is -0.121. The van der Waals surface area contributed by atoms with Crippen LogP contribution in [0.3, 0.4) is 0 Å². The maximum Gasteiger partial charge on any atom is 0.242 e. The molecule has 3 nitrogen and oxygen atoms in total. The minimum absolute atomic E-state index is 0.362. The summed E-state index contributed by atoms with van der Waals surface area (Å²) in [7, 11) is 0.